The number of likely N-dealkylation sites (tertiary alicyclic amines) is 1. The number of piperidine rings is 1. The first kappa shape index (κ1) is 15.7. The van der Waals surface area contributed by atoms with Crippen molar-refractivity contribution >= 4 is 5.91 Å². The molecule has 2 heterocycles. The highest BCUT2D eigenvalue weighted by Gasteiger charge is 2.22. The Labute approximate surface area is 121 Å². The molecule has 116 valence electrons. The van der Waals surface area contributed by atoms with E-state index in [1.807, 2.05) is 0 Å². The lowest BCUT2D eigenvalue weighted by atomic mass is 10.0. The second-order valence-electron chi connectivity index (χ2n) is 5.98. The highest BCUT2D eigenvalue weighted by Crippen LogP contribution is 2.11. The highest BCUT2D eigenvalue weighted by molar-refractivity contribution is 5.73. The molecule has 0 aromatic heterocycles. The molecule has 0 saturated carbocycles. The van der Waals surface area contributed by atoms with Gasteiger partial charge in [-0.05, 0) is 12.8 Å². The van der Waals surface area contributed by atoms with Gasteiger partial charge in [-0.3, -0.25) is 9.69 Å². The van der Waals surface area contributed by atoms with E-state index in [9.17, 15) is 9.90 Å². The quantitative estimate of drug-likeness (QED) is 0.595. The number of hydrogen-bond acceptors (Lipinski definition) is 5. The van der Waals surface area contributed by atoms with E-state index in [1.54, 1.807) is 6.92 Å². The molecule has 2 aliphatic heterocycles. The number of aliphatic hydroxyl groups is 1. The molecular weight excluding hydrogens is 256 g/mol. The van der Waals surface area contributed by atoms with Gasteiger partial charge >= 0.3 is 0 Å². The largest absolute Gasteiger partial charge is 0.390 e. The molecule has 20 heavy (non-hydrogen) atoms. The van der Waals surface area contributed by atoms with Crippen LogP contribution < -0.4 is 10.6 Å². The topological polar surface area (TPSA) is 67.8 Å². The zero-order valence-corrected chi connectivity index (χ0v) is 12.5. The van der Waals surface area contributed by atoms with Crippen LogP contribution in [0.4, 0.5) is 0 Å². The van der Waals surface area contributed by atoms with Crippen LogP contribution in [0.15, 0.2) is 0 Å². The van der Waals surface area contributed by atoms with Gasteiger partial charge in [-0.25, -0.2) is 0 Å². The van der Waals surface area contributed by atoms with Crippen molar-refractivity contribution in [2.24, 2.45) is 0 Å². The lowest BCUT2D eigenvalue weighted by Crippen LogP contribution is -2.50. The number of aliphatic hydroxyl groups excluding tert-OH is 1. The maximum atomic E-state index is 11.0. The smallest absolute Gasteiger partial charge is 0.217 e. The first-order valence-corrected chi connectivity index (χ1v) is 7.74. The van der Waals surface area contributed by atoms with Gasteiger partial charge < -0.3 is 20.6 Å². The van der Waals surface area contributed by atoms with Crippen molar-refractivity contribution in [3.05, 3.63) is 0 Å². The Bertz CT molecular complexity index is 300. The average molecular weight is 284 g/mol. The van der Waals surface area contributed by atoms with E-state index >= 15 is 0 Å². The molecule has 0 radical (unpaired) electrons. The number of carbonyl (C=O) groups is 1. The van der Waals surface area contributed by atoms with Gasteiger partial charge in [-0.1, -0.05) is 0 Å². The molecule has 0 bridgehead atoms. The van der Waals surface area contributed by atoms with Crippen LogP contribution in [0.25, 0.3) is 0 Å². The van der Waals surface area contributed by atoms with Crippen LogP contribution in [0, 0.1) is 0 Å². The number of nitrogens with one attached hydrogen (secondary N) is 2. The van der Waals surface area contributed by atoms with E-state index in [0.29, 0.717) is 6.04 Å². The summed E-state index contributed by atoms with van der Waals surface area (Å²) in [5, 5.41) is 16.5. The minimum atomic E-state index is -0.273. The van der Waals surface area contributed by atoms with Gasteiger partial charge in [0.15, 0.2) is 0 Å². The first-order valence-electron chi connectivity index (χ1n) is 7.74. The van der Waals surface area contributed by atoms with Gasteiger partial charge in [0.1, 0.15) is 0 Å². The molecule has 1 unspecified atom stereocenters. The second-order valence-corrected chi connectivity index (χ2v) is 5.98. The predicted molar refractivity (Wildman–Crippen MR) is 78.6 cm³/mol. The molecule has 2 rings (SSSR count). The first-order chi connectivity index (χ1) is 9.63. The number of rotatable bonds is 5. The lowest BCUT2D eigenvalue weighted by molar-refractivity contribution is -0.120. The third kappa shape index (κ3) is 5.36. The van der Waals surface area contributed by atoms with Crippen LogP contribution in [0.2, 0.25) is 0 Å². The Hall–Kier alpha value is -0.690. The molecule has 3 N–H and O–H groups in total. The predicted octanol–water partition coefficient (Wildman–Crippen LogP) is -1.15. The van der Waals surface area contributed by atoms with Gasteiger partial charge in [-0.2, -0.15) is 0 Å². The average Bonchev–Trinajstić information content (AvgIpc) is 2.41. The van der Waals surface area contributed by atoms with Crippen molar-refractivity contribution in [1.82, 2.24) is 20.4 Å². The summed E-state index contributed by atoms with van der Waals surface area (Å²) in [6.45, 7) is 9.12. The minimum Gasteiger partial charge on any atom is -0.390 e. The second kappa shape index (κ2) is 7.93. The molecule has 1 amide bonds. The van der Waals surface area contributed by atoms with Crippen LogP contribution in [0.3, 0.4) is 0 Å². The van der Waals surface area contributed by atoms with Crippen molar-refractivity contribution < 1.29 is 9.90 Å². The van der Waals surface area contributed by atoms with Crippen molar-refractivity contribution in [2.45, 2.75) is 31.9 Å². The number of carbonyl (C=O) groups excluding carboxylic acids is 1. The van der Waals surface area contributed by atoms with Gasteiger partial charge in [-0.15, -0.1) is 0 Å². The van der Waals surface area contributed by atoms with Crippen molar-refractivity contribution in [2.75, 3.05) is 52.4 Å². The molecule has 6 nitrogen and oxygen atoms in total. The third-order valence-electron chi connectivity index (χ3n) is 4.14. The number of hydrogen-bond donors (Lipinski definition) is 3. The monoisotopic (exact) mass is 284 g/mol. The summed E-state index contributed by atoms with van der Waals surface area (Å²) in [6, 6.07) is 0.314. The molecule has 2 aliphatic rings. The van der Waals surface area contributed by atoms with Crippen molar-refractivity contribution in [3.63, 3.8) is 0 Å². The molecule has 0 aliphatic carbocycles. The molecule has 2 saturated heterocycles. The summed E-state index contributed by atoms with van der Waals surface area (Å²) in [6.07, 6.45) is 1.70. The summed E-state index contributed by atoms with van der Waals surface area (Å²) >= 11 is 0. The van der Waals surface area contributed by atoms with Gasteiger partial charge in [0.25, 0.3) is 0 Å². The Balaban J connectivity index is 1.62. The molecule has 0 aromatic carbocycles. The molecule has 6 heteroatoms. The van der Waals surface area contributed by atoms with Gasteiger partial charge in [0.05, 0.1) is 6.10 Å². The zero-order chi connectivity index (χ0) is 14.4. The number of nitrogens with zero attached hydrogens (tertiary/aromatic N) is 2. The fourth-order valence-corrected chi connectivity index (χ4v) is 3.09. The number of piperazine rings is 1. The van der Waals surface area contributed by atoms with Crippen molar-refractivity contribution in [1.29, 1.82) is 0 Å². The standard InChI is InChI=1S/C14H28N4O2/c1-12(19)16-13-2-6-17(7-3-13)10-14(20)11-18-8-4-15-5-9-18/h13-15,20H,2-11H2,1H3,(H,16,19). The summed E-state index contributed by atoms with van der Waals surface area (Å²) in [5.41, 5.74) is 0. The fraction of sp³-hybridized carbons (Fsp3) is 0.929. The van der Waals surface area contributed by atoms with E-state index < -0.39 is 0 Å². The summed E-state index contributed by atoms with van der Waals surface area (Å²) in [5.74, 6) is 0.0576. The summed E-state index contributed by atoms with van der Waals surface area (Å²) < 4.78 is 0. The van der Waals surface area contributed by atoms with Crippen molar-refractivity contribution in [3.8, 4) is 0 Å². The van der Waals surface area contributed by atoms with E-state index in [1.165, 1.54) is 0 Å². The normalized spacial score (nSPS) is 24.5. The van der Waals surface area contributed by atoms with Crippen LogP contribution >= 0.6 is 0 Å². The SMILES string of the molecule is CC(=O)NC1CCN(CC(O)CN2CCNCC2)CC1. The molecule has 0 aromatic rings. The molecule has 2 fully saturated rings. The Morgan fingerprint density at radius 1 is 1.20 bits per heavy atom. The van der Waals surface area contributed by atoms with E-state index in [-0.39, 0.29) is 12.0 Å². The maximum absolute atomic E-state index is 11.0. The highest BCUT2D eigenvalue weighted by atomic mass is 16.3. The van der Waals surface area contributed by atoms with Gasteiger partial charge in [0, 0.05) is 65.3 Å². The van der Waals surface area contributed by atoms with Crippen LogP contribution in [-0.2, 0) is 4.79 Å². The minimum absolute atomic E-state index is 0.0576. The Kier molecular flexibility index (Phi) is 6.22. The maximum Gasteiger partial charge on any atom is 0.217 e. The lowest BCUT2D eigenvalue weighted by Gasteiger charge is -2.35. The van der Waals surface area contributed by atoms with E-state index in [4.69, 9.17) is 0 Å². The molecule has 0 spiro atoms. The summed E-state index contributed by atoms with van der Waals surface area (Å²) in [4.78, 5) is 15.7. The van der Waals surface area contributed by atoms with Crippen LogP contribution in [-0.4, -0.2) is 85.3 Å². The van der Waals surface area contributed by atoms with Crippen LogP contribution in [0.5, 0.6) is 0 Å². The molecular formula is C14H28N4O2. The number of amides is 1. The van der Waals surface area contributed by atoms with E-state index in [0.717, 1.165) is 65.2 Å². The number of β-amino-alcohol motifs (C(OH)–C–C–N with tert-alkyl or cyclic N) is 1. The van der Waals surface area contributed by atoms with Crippen LogP contribution in [0.1, 0.15) is 19.8 Å². The van der Waals surface area contributed by atoms with E-state index in [2.05, 4.69) is 20.4 Å². The Morgan fingerprint density at radius 2 is 1.75 bits per heavy atom. The zero-order valence-electron chi connectivity index (χ0n) is 12.5. The Morgan fingerprint density at radius 3 is 2.30 bits per heavy atom. The summed E-state index contributed by atoms with van der Waals surface area (Å²) in [7, 11) is 0. The third-order valence-corrected chi connectivity index (χ3v) is 4.14. The fourth-order valence-electron chi connectivity index (χ4n) is 3.09. The molecule has 1 atom stereocenters. The van der Waals surface area contributed by atoms with Gasteiger partial charge in [0.2, 0.25) is 5.91 Å².